The molecule has 1 unspecified atom stereocenters. The van der Waals surface area contributed by atoms with Crippen LogP contribution in [0.25, 0.3) is 5.69 Å². The Kier molecular flexibility index (Phi) is 10.9. The fourth-order valence-electron chi connectivity index (χ4n) is 4.83. The Morgan fingerprint density at radius 2 is 1.54 bits per heavy atom. The number of carbonyl (C=O) groups is 4. The molecule has 4 rings (SSSR count). The topological polar surface area (TPSA) is 153 Å². The number of nitrogens with one attached hydrogen (secondary N) is 1. The standard InChI is InChI=1S/C33H41N5O8/c1-33(2,3)28(39)21-46-29-20-27(35-38(29)22-9-7-6-8-10-22)31(42)34-26(11-12-30(40)41)32(43)37-15-13-36(14-16-37)23-17-24(44-4)19-25(18-23)45-5/h6-10,17-20,26H,11-16,21H2,1-5H3,(H,34,42)(H,40,41). The van der Waals surface area contributed by atoms with Crippen molar-refractivity contribution >= 4 is 29.3 Å². The number of ether oxygens (including phenoxy) is 3. The zero-order valence-electron chi connectivity index (χ0n) is 26.8. The smallest absolute Gasteiger partial charge is 0.303 e. The fraction of sp³-hybridized carbons (Fsp3) is 0.424. The highest BCUT2D eigenvalue weighted by Crippen LogP contribution is 2.29. The van der Waals surface area contributed by atoms with Crippen LogP contribution in [0.5, 0.6) is 17.4 Å². The molecule has 2 aromatic carbocycles. The number of aliphatic carboxylic acids is 1. The summed E-state index contributed by atoms with van der Waals surface area (Å²) < 4.78 is 18.0. The first-order valence-electron chi connectivity index (χ1n) is 15.0. The first-order chi connectivity index (χ1) is 21.9. The SMILES string of the molecule is COc1cc(OC)cc(N2CCN(C(=O)C(CCC(=O)O)NC(=O)c3cc(OCC(=O)C(C)(C)C)n(-c4ccccc4)n3)CC2)c1. The maximum atomic E-state index is 13.7. The van der Waals surface area contributed by atoms with Crippen LogP contribution in [-0.4, -0.2) is 96.4 Å². The molecule has 0 radical (unpaired) electrons. The van der Waals surface area contributed by atoms with Crippen molar-refractivity contribution in [3.05, 3.63) is 60.3 Å². The molecule has 2 N–H and O–H groups in total. The summed E-state index contributed by atoms with van der Waals surface area (Å²) in [6, 6.07) is 14.8. The number of carboxylic acid groups (broad SMARTS) is 1. The van der Waals surface area contributed by atoms with Crippen molar-refractivity contribution in [2.75, 3.05) is 51.9 Å². The highest BCUT2D eigenvalue weighted by atomic mass is 16.5. The van der Waals surface area contributed by atoms with Gasteiger partial charge in [0, 0.05) is 68.0 Å². The second-order valence-electron chi connectivity index (χ2n) is 11.9. The Bertz CT molecular complexity index is 1520. The van der Waals surface area contributed by atoms with Crippen LogP contribution in [0.4, 0.5) is 5.69 Å². The average Bonchev–Trinajstić information content (AvgIpc) is 3.49. The molecule has 13 nitrogen and oxygen atoms in total. The van der Waals surface area contributed by atoms with Crippen molar-refractivity contribution < 1.29 is 38.5 Å². The third-order valence-corrected chi connectivity index (χ3v) is 7.64. The van der Waals surface area contributed by atoms with E-state index in [2.05, 4.69) is 15.3 Å². The summed E-state index contributed by atoms with van der Waals surface area (Å²) in [4.78, 5) is 54.8. The van der Waals surface area contributed by atoms with Crippen LogP contribution in [0, 0.1) is 5.41 Å². The number of hydrogen-bond acceptors (Lipinski definition) is 9. The molecular formula is C33H41N5O8. The van der Waals surface area contributed by atoms with Crippen LogP contribution in [-0.2, 0) is 14.4 Å². The predicted octanol–water partition coefficient (Wildman–Crippen LogP) is 3.20. The number of carboxylic acids is 1. The van der Waals surface area contributed by atoms with Crippen molar-refractivity contribution in [3.8, 4) is 23.1 Å². The molecular weight excluding hydrogens is 594 g/mol. The Balaban J connectivity index is 1.50. The average molecular weight is 636 g/mol. The van der Waals surface area contributed by atoms with Crippen molar-refractivity contribution in [1.29, 1.82) is 0 Å². The van der Waals surface area contributed by atoms with E-state index >= 15 is 0 Å². The maximum absolute atomic E-state index is 13.7. The number of methoxy groups -OCH3 is 2. The largest absolute Gasteiger partial charge is 0.497 e. The molecule has 2 amide bonds. The molecule has 1 fully saturated rings. The first kappa shape index (κ1) is 33.8. The molecule has 0 bridgehead atoms. The van der Waals surface area contributed by atoms with Gasteiger partial charge in [-0.3, -0.25) is 19.2 Å². The number of anilines is 1. The molecule has 1 aliphatic rings. The molecule has 1 aromatic heterocycles. The minimum atomic E-state index is -1.10. The number of piperazine rings is 1. The van der Waals surface area contributed by atoms with Crippen LogP contribution in [0.1, 0.15) is 44.1 Å². The van der Waals surface area contributed by atoms with E-state index in [4.69, 9.17) is 14.2 Å². The lowest BCUT2D eigenvalue weighted by atomic mass is 9.91. The van der Waals surface area contributed by atoms with Gasteiger partial charge in [0.25, 0.3) is 5.91 Å². The number of carbonyl (C=O) groups excluding carboxylic acids is 3. The summed E-state index contributed by atoms with van der Waals surface area (Å²) in [5, 5.41) is 16.5. The number of rotatable bonds is 13. The number of para-hydroxylation sites is 1. The summed E-state index contributed by atoms with van der Waals surface area (Å²) in [5.74, 6) is -0.810. The molecule has 1 atom stereocenters. The van der Waals surface area contributed by atoms with Gasteiger partial charge in [0.15, 0.2) is 11.5 Å². The van der Waals surface area contributed by atoms with Crippen molar-refractivity contribution in [2.24, 2.45) is 5.41 Å². The number of benzene rings is 2. The summed E-state index contributed by atoms with van der Waals surface area (Å²) in [5.41, 5.74) is 0.814. The summed E-state index contributed by atoms with van der Waals surface area (Å²) in [6.07, 6.45) is -0.419. The minimum Gasteiger partial charge on any atom is -0.497 e. The van der Waals surface area contributed by atoms with Gasteiger partial charge in [0.2, 0.25) is 11.8 Å². The number of Topliss-reactive ketones (excluding diaryl/α,β-unsaturated/α-hetero) is 1. The van der Waals surface area contributed by atoms with E-state index in [1.165, 1.54) is 10.7 Å². The van der Waals surface area contributed by atoms with Crippen LogP contribution < -0.4 is 24.4 Å². The van der Waals surface area contributed by atoms with Crippen molar-refractivity contribution in [3.63, 3.8) is 0 Å². The molecule has 1 aliphatic heterocycles. The van der Waals surface area contributed by atoms with Gasteiger partial charge < -0.3 is 34.4 Å². The van der Waals surface area contributed by atoms with Gasteiger partial charge in [-0.1, -0.05) is 39.0 Å². The van der Waals surface area contributed by atoms with E-state index in [0.29, 0.717) is 43.4 Å². The number of hydrogen-bond donors (Lipinski definition) is 2. The highest BCUT2D eigenvalue weighted by Gasteiger charge is 2.31. The molecule has 2 heterocycles. The Morgan fingerprint density at radius 3 is 2.11 bits per heavy atom. The molecule has 246 valence electrons. The second kappa shape index (κ2) is 14.8. The second-order valence-corrected chi connectivity index (χ2v) is 11.9. The molecule has 0 saturated carbocycles. The van der Waals surface area contributed by atoms with Crippen LogP contribution in [0.3, 0.4) is 0 Å². The van der Waals surface area contributed by atoms with E-state index in [1.54, 1.807) is 70.2 Å². The number of amides is 2. The van der Waals surface area contributed by atoms with Crippen molar-refractivity contribution in [1.82, 2.24) is 20.0 Å². The van der Waals surface area contributed by atoms with Crippen molar-refractivity contribution in [2.45, 2.75) is 39.7 Å². The van der Waals surface area contributed by atoms with Gasteiger partial charge in [0.1, 0.15) is 24.1 Å². The third-order valence-electron chi connectivity index (χ3n) is 7.64. The summed E-state index contributed by atoms with van der Waals surface area (Å²) in [6.45, 7) is 6.88. The third kappa shape index (κ3) is 8.55. The number of aromatic nitrogens is 2. The number of ketones is 1. The zero-order chi connectivity index (χ0) is 33.4. The molecule has 1 saturated heterocycles. The van der Waals surface area contributed by atoms with Gasteiger partial charge in [-0.05, 0) is 18.6 Å². The van der Waals surface area contributed by atoms with Gasteiger partial charge in [-0.2, -0.15) is 5.10 Å². The molecule has 0 spiro atoms. The lowest BCUT2D eigenvalue weighted by Gasteiger charge is -2.37. The Labute approximate surface area is 268 Å². The van der Waals surface area contributed by atoms with E-state index in [0.717, 1.165) is 5.69 Å². The Morgan fingerprint density at radius 1 is 0.913 bits per heavy atom. The summed E-state index contributed by atoms with van der Waals surface area (Å²) >= 11 is 0. The monoisotopic (exact) mass is 635 g/mol. The molecule has 13 heteroatoms. The minimum absolute atomic E-state index is 0.0491. The van der Waals surface area contributed by atoms with Crippen LogP contribution in [0.15, 0.2) is 54.6 Å². The molecule has 0 aliphatic carbocycles. The van der Waals surface area contributed by atoms with E-state index < -0.39 is 23.3 Å². The fourth-order valence-corrected chi connectivity index (χ4v) is 4.83. The van der Waals surface area contributed by atoms with Gasteiger partial charge in [-0.25, -0.2) is 4.68 Å². The van der Waals surface area contributed by atoms with Gasteiger partial charge >= 0.3 is 5.97 Å². The predicted molar refractivity (Wildman–Crippen MR) is 170 cm³/mol. The number of nitrogens with zero attached hydrogens (tertiary/aromatic N) is 4. The van der Waals surface area contributed by atoms with Gasteiger partial charge in [-0.15, -0.1) is 0 Å². The lowest BCUT2D eigenvalue weighted by molar-refractivity contribution is -0.138. The summed E-state index contributed by atoms with van der Waals surface area (Å²) in [7, 11) is 3.16. The van der Waals surface area contributed by atoms with Crippen LogP contribution in [0.2, 0.25) is 0 Å². The van der Waals surface area contributed by atoms with E-state index in [-0.39, 0.29) is 42.7 Å². The molecule has 3 aromatic rings. The Hall–Kier alpha value is -5.07. The van der Waals surface area contributed by atoms with Crippen LogP contribution >= 0.6 is 0 Å². The first-order valence-corrected chi connectivity index (χ1v) is 15.0. The van der Waals surface area contributed by atoms with E-state index in [1.807, 2.05) is 18.2 Å². The quantitative estimate of drug-likeness (QED) is 0.286. The lowest BCUT2D eigenvalue weighted by Crippen LogP contribution is -2.55. The maximum Gasteiger partial charge on any atom is 0.303 e. The van der Waals surface area contributed by atoms with E-state index in [9.17, 15) is 24.3 Å². The molecule has 46 heavy (non-hydrogen) atoms. The highest BCUT2D eigenvalue weighted by molar-refractivity contribution is 5.96. The van der Waals surface area contributed by atoms with Gasteiger partial charge in [0.05, 0.1) is 19.9 Å². The normalized spacial score (nSPS) is 13.9. The zero-order valence-corrected chi connectivity index (χ0v) is 26.8.